The third kappa shape index (κ3) is 4.59. The van der Waals surface area contributed by atoms with E-state index in [-0.39, 0.29) is 18.7 Å². The Hall–Kier alpha value is -1.13. The van der Waals surface area contributed by atoms with E-state index in [1.807, 2.05) is 26.8 Å². The molecule has 90 valence electrons. The predicted molar refractivity (Wildman–Crippen MR) is 59.8 cm³/mol. The Kier molecular flexibility index (Phi) is 4.71. The maximum atomic E-state index is 11.2. The monoisotopic (exact) mass is 226 g/mol. The Bertz CT molecular complexity index is 291. The second kappa shape index (κ2) is 5.82. The van der Waals surface area contributed by atoms with E-state index < -0.39 is 5.79 Å². The van der Waals surface area contributed by atoms with Gasteiger partial charge >= 0.3 is 5.97 Å². The summed E-state index contributed by atoms with van der Waals surface area (Å²) in [5.41, 5.74) is 0. The van der Waals surface area contributed by atoms with Gasteiger partial charge in [0, 0.05) is 6.08 Å². The molecule has 0 N–H and O–H groups in total. The molecule has 1 aliphatic heterocycles. The molecule has 0 aromatic heterocycles. The summed E-state index contributed by atoms with van der Waals surface area (Å²) in [5.74, 6) is -0.941. The fraction of sp³-hybridized carbons (Fsp3) is 0.583. The van der Waals surface area contributed by atoms with Gasteiger partial charge in [-0.1, -0.05) is 18.2 Å². The van der Waals surface area contributed by atoms with Gasteiger partial charge in [0.05, 0.1) is 6.61 Å². The SMILES string of the molecule is C/C=C/C=C/C(=O)OCC1COC(C)(C)O1. The molecule has 1 unspecified atom stereocenters. The minimum atomic E-state index is -0.572. The highest BCUT2D eigenvalue weighted by molar-refractivity contribution is 5.82. The minimum absolute atomic E-state index is 0.172. The summed E-state index contributed by atoms with van der Waals surface area (Å²) in [6.45, 7) is 6.23. The number of hydrogen-bond acceptors (Lipinski definition) is 4. The topological polar surface area (TPSA) is 44.8 Å². The lowest BCUT2D eigenvalue weighted by Gasteiger charge is -2.16. The quantitative estimate of drug-likeness (QED) is 0.416. The molecule has 1 rings (SSSR count). The second-order valence-electron chi connectivity index (χ2n) is 3.97. The van der Waals surface area contributed by atoms with Crippen molar-refractivity contribution in [3.8, 4) is 0 Å². The molecule has 0 amide bonds. The molecule has 1 saturated heterocycles. The van der Waals surface area contributed by atoms with Gasteiger partial charge in [0.2, 0.25) is 0 Å². The standard InChI is InChI=1S/C12H18O4/c1-4-5-6-7-11(13)14-8-10-9-15-12(2,3)16-10/h4-7,10H,8-9H2,1-3H3/b5-4+,7-6+. The van der Waals surface area contributed by atoms with Crippen LogP contribution < -0.4 is 0 Å². The van der Waals surface area contributed by atoms with Gasteiger partial charge in [0.15, 0.2) is 5.79 Å². The minimum Gasteiger partial charge on any atom is -0.460 e. The van der Waals surface area contributed by atoms with Crippen molar-refractivity contribution in [2.75, 3.05) is 13.2 Å². The van der Waals surface area contributed by atoms with Crippen LogP contribution in [0.4, 0.5) is 0 Å². The van der Waals surface area contributed by atoms with Crippen LogP contribution >= 0.6 is 0 Å². The summed E-state index contributed by atoms with van der Waals surface area (Å²) in [6, 6.07) is 0. The van der Waals surface area contributed by atoms with Crippen molar-refractivity contribution < 1.29 is 19.0 Å². The van der Waals surface area contributed by atoms with E-state index in [2.05, 4.69) is 0 Å². The van der Waals surface area contributed by atoms with Gasteiger partial charge in [-0.15, -0.1) is 0 Å². The fourth-order valence-electron chi connectivity index (χ4n) is 1.31. The van der Waals surface area contributed by atoms with Gasteiger partial charge in [0.1, 0.15) is 12.7 Å². The van der Waals surface area contributed by atoms with Gasteiger partial charge in [-0.2, -0.15) is 0 Å². The maximum Gasteiger partial charge on any atom is 0.330 e. The lowest BCUT2D eigenvalue weighted by molar-refractivity contribution is -0.154. The van der Waals surface area contributed by atoms with Gasteiger partial charge in [-0.3, -0.25) is 0 Å². The Balaban J connectivity index is 2.23. The number of ether oxygens (including phenoxy) is 3. The zero-order valence-electron chi connectivity index (χ0n) is 9.93. The molecule has 0 spiro atoms. The molecule has 1 heterocycles. The Morgan fingerprint density at radius 2 is 2.25 bits per heavy atom. The molecule has 0 aliphatic carbocycles. The summed E-state index contributed by atoms with van der Waals surface area (Å²) in [7, 11) is 0. The number of allylic oxidation sites excluding steroid dienone is 3. The predicted octanol–water partition coefficient (Wildman–Crippen LogP) is 1.81. The van der Waals surface area contributed by atoms with E-state index in [1.54, 1.807) is 12.2 Å². The van der Waals surface area contributed by atoms with Crippen LogP contribution in [0.3, 0.4) is 0 Å². The average molecular weight is 226 g/mol. The first-order valence-electron chi connectivity index (χ1n) is 5.31. The van der Waals surface area contributed by atoms with Crippen LogP contribution in [-0.2, 0) is 19.0 Å². The Labute approximate surface area is 95.9 Å². The molecular weight excluding hydrogens is 208 g/mol. The zero-order valence-corrected chi connectivity index (χ0v) is 9.93. The van der Waals surface area contributed by atoms with E-state index in [0.717, 1.165) is 0 Å². The normalized spacial score (nSPS) is 24.3. The number of carbonyl (C=O) groups is 1. The molecular formula is C12H18O4. The molecule has 1 atom stereocenters. The van der Waals surface area contributed by atoms with Crippen molar-refractivity contribution in [2.24, 2.45) is 0 Å². The van der Waals surface area contributed by atoms with Crippen molar-refractivity contribution >= 4 is 5.97 Å². The summed E-state index contributed by atoms with van der Waals surface area (Å²) in [4.78, 5) is 11.2. The third-order valence-corrected chi connectivity index (χ3v) is 2.01. The Morgan fingerprint density at radius 1 is 1.50 bits per heavy atom. The fourth-order valence-corrected chi connectivity index (χ4v) is 1.31. The van der Waals surface area contributed by atoms with E-state index in [0.29, 0.717) is 6.61 Å². The molecule has 0 aromatic rings. The van der Waals surface area contributed by atoms with Crippen molar-refractivity contribution in [3.05, 3.63) is 24.3 Å². The summed E-state index contributed by atoms with van der Waals surface area (Å²) in [6.07, 6.45) is 6.44. The summed E-state index contributed by atoms with van der Waals surface area (Å²) < 4.78 is 15.8. The number of hydrogen-bond donors (Lipinski definition) is 0. The van der Waals surface area contributed by atoms with Crippen LogP contribution in [0.15, 0.2) is 24.3 Å². The zero-order chi connectivity index (χ0) is 12.0. The van der Waals surface area contributed by atoms with Crippen LogP contribution in [0.25, 0.3) is 0 Å². The maximum absolute atomic E-state index is 11.2. The van der Waals surface area contributed by atoms with Crippen LogP contribution in [0.5, 0.6) is 0 Å². The molecule has 1 aliphatic rings. The largest absolute Gasteiger partial charge is 0.460 e. The molecule has 4 heteroatoms. The van der Waals surface area contributed by atoms with Crippen LogP contribution in [0.1, 0.15) is 20.8 Å². The molecule has 0 bridgehead atoms. The molecule has 0 aromatic carbocycles. The molecule has 0 saturated carbocycles. The highest BCUT2D eigenvalue weighted by Crippen LogP contribution is 2.22. The van der Waals surface area contributed by atoms with Gasteiger partial charge < -0.3 is 14.2 Å². The van der Waals surface area contributed by atoms with Crippen molar-refractivity contribution in [1.29, 1.82) is 0 Å². The lowest BCUT2D eigenvalue weighted by atomic mass is 10.4. The molecule has 16 heavy (non-hydrogen) atoms. The van der Waals surface area contributed by atoms with Crippen LogP contribution in [-0.4, -0.2) is 31.1 Å². The Morgan fingerprint density at radius 3 is 2.81 bits per heavy atom. The number of rotatable bonds is 4. The summed E-state index contributed by atoms with van der Waals surface area (Å²) >= 11 is 0. The number of carbonyl (C=O) groups excluding carboxylic acids is 1. The van der Waals surface area contributed by atoms with Crippen molar-refractivity contribution in [3.63, 3.8) is 0 Å². The second-order valence-corrected chi connectivity index (χ2v) is 3.97. The lowest BCUT2D eigenvalue weighted by Crippen LogP contribution is -2.24. The molecule has 0 radical (unpaired) electrons. The first-order chi connectivity index (χ1) is 7.53. The van der Waals surface area contributed by atoms with E-state index in [1.165, 1.54) is 6.08 Å². The smallest absolute Gasteiger partial charge is 0.330 e. The van der Waals surface area contributed by atoms with Crippen molar-refractivity contribution in [1.82, 2.24) is 0 Å². The van der Waals surface area contributed by atoms with Crippen molar-refractivity contribution in [2.45, 2.75) is 32.7 Å². The number of esters is 1. The van der Waals surface area contributed by atoms with Gasteiger partial charge in [-0.05, 0) is 20.8 Å². The first-order valence-corrected chi connectivity index (χ1v) is 5.31. The first kappa shape index (κ1) is 12.9. The summed E-state index contributed by atoms with van der Waals surface area (Å²) in [5, 5.41) is 0. The molecule has 1 fully saturated rings. The highest BCUT2D eigenvalue weighted by atomic mass is 16.7. The van der Waals surface area contributed by atoms with E-state index >= 15 is 0 Å². The molecule has 4 nitrogen and oxygen atoms in total. The third-order valence-electron chi connectivity index (χ3n) is 2.01. The van der Waals surface area contributed by atoms with Crippen LogP contribution in [0.2, 0.25) is 0 Å². The highest BCUT2D eigenvalue weighted by Gasteiger charge is 2.33. The average Bonchev–Trinajstić information content (AvgIpc) is 2.56. The van der Waals surface area contributed by atoms with Gasteiger partial charge in [0.25, 0.3) is 0 Å². The van der Waals surface area contributed by atoms with E-state index in [4.69, 9.17) is 14.2 Å². The van der Waals surface area contributed by atoms with Crippen LogP contribution in [0, 0.1) is 0 Å². The van der Waals surface area contributed by atoms with E-state index in [9.17, 15) is 4.79 Å². The van der Waals surface area contributed by atoms with Gasteiger partial charge in [-0.25, -0.2) is 4.79 Å².